The monoisotopic (exact) mass is 253 g/mol. The van der Waals surface area contributed by atoms with E-state index in [0.29, 0.717) is 5.88 Å². The van der Waals surface area contributed by atoms with Crippen molar-refractivity contribution in [2.75, 3.05) is 5.88 Å². The maximum Gasteiger partial charge on any atom is 0.225 e. The maximum absolute atomic E-state index is 11.9. The smallest absolute Gasteiger partial charge is 0.225 e. The van der Waals surface area contributed by atoms with Crippen LogP contribution in [0.3, 0.4) is 0 Å². The van der Waals surface area contributed by atoms with Crippen LogP contribution in [0.5, 0.6) is 0 Å². The molecule has 1 rings (SSSR count). The Kier molecular flexibility index (Phi) is 5.01. The molecular weight excluding hydrogens is 234 g/mol. The number of hydrogen-bond acceptors (Lipinski definition) is 1. The van der Waals surface area contributed by atoms with Crippen molar-refractivity contribution in [2.45, 2.75) is 33.2 Å². The van der Waals surface area contributed by atoms with Gasteiger partial charge in [0.1, 0.15) is 0 Å². The summed E-state index contributed by atoms with van der Waals surface area (Å²) in [5.74, 6) is 0.468. The molecule has 0 saturated carbocycles. The summed E-state index contributed by atoms with van der Waals surface area (Å²) in [5, 5.41) is 2.98. The average Bonchev–Trinajstić information content (AvgIpc) is 2.28. The molecule has 1 amide bonds. The van der Waals surface area contributed by atoms with Gasteiger partial charge in [0.15, 0.2) is 0 Å². The minimum atomic E-state index is -0.374. The average molecular weight is 254 g/mol. The van der Waals surface area contributed by atoms with E-state index in [1.165, 1.54) is 5.56 Å². The first kappa shape index (κ1) is 14.0. The maximum atomic E-state index is 11.9. The summed E-state index contributed by atoms with van der Waals surface area (Å²) >= 11 is 5.90. The summed E-state index contributed by atoms with van der Waals surface area (Å²) in [7, 11) is 0. The van der Waals surface area contributed by atoms with E-state index in [0.717, 1.165) is 6.42 Å². The molecule has 0 aliphatic rings. The van der Waals surface area contributed by atoms with Gasteiger partial charge in [-0.25, -0.2) is 0 Å². The number of carbonyl (C=O) groups is 1. The van der Waals surface area contributed by atoms with Gasteiger partial charge in [-0.15, -0.1) is 11.6 Å². The van der Waals surface area contributed by atoms with Crippen LogP contribution in [0.25, 0.3) is 0 Å². The molecule has 1 aromatic carbocycles. The van der Waals surface area contributed by atoms with Crippen LogP contribution in [0.4, 0.5) is 0 Å². The van der Waals surface area contributed by atoms with Gasteiger partial charge in [0, 0.05) is 17.3 Å². The molecule has 0 bridgehead atoms. The van der Waals surface area contributed by atoms with Gasteiger partial charge in [0.05, 0.1) is 0 Å². The van der Waals surface area contributed by atoms with E-state index in [-0.39, 0.29) is 17.4 Å². The van der Waals surface area contributed by atoms with Crippen molar-refractivity contribution in [1.82, 2.24) is 5.32 Å². The minimum absolute atomic E-state index is 0.00853. The number of amides is 1. The number of nitrogens with one attached hydrogen (secondary N) is 1. The van der Waals surface area contributed by atoms with E-state index >= 15 is 0 Å². The highest BCUT2D eigenvalue weighted by atomic mass is 35.5. The van der Waals surface area contributed by atoms with E-state index in [4.69, 9.17) is 11.6 Å². The molecule has 3 heteroatoms. The van der Waals surface area contributed by atoms with E-state index in [2.05, 4.69) is 5.32 Å². The zero-order chi connectivity index (χ0) is 12.9. The van der Waals surface area contributed by atoms with E-state index < -0.39 is 0 Å². The standard InChI is InChI=1S/C14H20ClNO/c1-14(2,3)13(17)16-12(10-15)9-11-7-5-4-6-8-11/h4-8,12H,9-10H2,1-3H3,(H,16,17). The second-order valence-corrected chi connectivity index (χ2v) is 5.57. The number of benzene rings is 1. The van der Waals surface area contributed by atoms with Crippen LogP contribution in [0.2, 0.25) is 0 Å². The third-order valence-corrected chi connectivity index (χ3v) is 2.90. The lowest BCUT2D eigenvalue weighted by atomic mass is 9.95. The first-order chi connectivity index (χ1) is 7.93. The van der Waals surface area contributed by atoms with Gasteiger partial charge in [0.25, 0.3) is 0 Å². The van der Waals surface area contributed by atoms with Gasteiger partial charge in [0.2, 0.25) is 5.91 Å². The fraction of sp³-hybridized carbons (Fsp3) is 0.500. The largest absolute Gasteiger partial charge is 0.351 e. The summed E-state index contributed by atoms with van der Waals surface area (Å²) in [5.41, 5.74) is 0.813. The molecule has 0 aromatic heterocycles. The van der Waals surface area contributed by atoms with E-state index in [1.54, 1.807) is 0 Å². The van der Waals surface area contributed by atoms with Crippen LogP contribution in [0.15, 0.2) is 30.3 Å². The van der Waals surface area contributed by atoms with Crippen molar-refractivity contribution in [3.8, 4) is 0 Å². The number of alkyl halides is 1. The predicted molar refractivity (Wildman–Crippen MR) is 72.3 cm³/mol. The third kappa shape index (κ3) is 4.78. The fourth-order valence-electron chi connectivity index (χ4n) is 1.44. The number of hydrogen-bond donors (Lipinski definition) is 1. The first-order valence-corrected chi connectivity index (χ1v) is 6.38. The zero-order valence-corrected chi connectivity index (χ0v) is 11.4. The lowest BCUT2D eigenvalue weighted by Gasteiger charge is -2.23. The van der Waals surface area contributed by atoms with Crippen molar-refractivity contribution in [3.63, 3.8) is 0 Å². The van der Waals surface area contributed by atoms with Crippen LogP contribution < -0.4 is 5.32 Å². The predicted octanol–water partition coefficient (Wildman–Crippen LogP) is 3.00. The van der Waals surface area contributed by atoms with Crippen molar-refractivity contribution in [1.29, 1.82) is 0 Å². The summed E-state index contributed by atoms with van der Waals surface area (Å²) in [6, 6.07) is 10.0. The van der Waals surface area contributed by atoms with Crippen LogP contribution in [-0.4, -0.2) is 17.8 Å². The van der Waals surface area contributed by atoms with Crippen LogP contribution in [0.1, 0.15) is 26.3 Å². The van der Waals surface area contributed by atoms with Gasteiger partial charge >= 0.3 is 0 Å². The van der Waals surface area contributed by atoms with Gasteiger partial charge in [-0.1, -0.05) is 51.1 Å². The second-order valence-electron chi connectivity index (χ2n) is 5.26. The Balaban J connectivity index is 2.59. The topological polar surface area (TPSA) is 29.1 Å². The fourth-order valence-corrected chi connectivity index (χ4v) is 1.63. The van der Waals surface area contributed by atoms with Gasteiger partial charge in [-0.3, -0.25) is 4.79 Å². The Hall–Kier alpha value is -1.02. The highest BCUT2D eigenvalue weighted by Crippen LogP contribution is 2.14. The van der Waals surface area contributed by atoms with Crippen LogP contribution in [0, 0.1) is 5.41 Å². The van der Waals surface area contributed by atoms with Crippen LogP contribution in [-0.2, 0) is 11.2 Å². The molecule has 17 heavy (non-hydrogen) atoms. The molecule has 1 N–H and O–H groups in total. The van der Waals surface area contributed by atoms with Crippen molar-refractivity contribution in [3.05, 3.63) is 35.9 Å². The Morgan fingerprint density at radius 1 is 1.29 bits per heavy atom. The van der Waals surface area contributed by atoms with Crippen molar-refractivity contribution < 1.29 is 4.79 Å². The second kappa shape index (κ2) is 6.06. The molecule has 1 aromatic rings. The molecule has 0 radical (unpaired) electrons. The first-order valence-electron chi connectivity index (χ1n) is 5.84. The van der Waals surface area contributed by atoms with E-state index in [1.807, 2.05) is 51.1 Å². The Labute approximate surface area is 108 Å². The lowest BCUT2D eigenvalue weighted by Crippen LogP contribution is -2.43. The number of halogens is 1. The Morgan fingerprint density at radius 2 is 1.88 bits per heavy atom. The number of carbonyl (C=O) groups excluding carboxylic acids is 1. The molecule has 1 unspecified atom stereocenters. The molecule has 0 aliphatic heterocycles. The SMILES string of the molecule is CC(C)(C)C(=O)NC(CCl)Cc1ccccc1. The third-order valence-electron chi connectivity index (χ3n) is 2.53. The molecule has 94 valence electrons. The minimum Gasteiger partial charge on any atom is -0.351 e. The Bertz CT molecular complexity index is 356. The summed E-state index contributed by atoms with van der Waals surface area (Å²) in [6.07, 6.45) is 0.770. The zero-order valence-electron chi connectivity index (χ0n) is 10.7. The summed E-state index contributed by atoms with van der Waals surface area (Å²) in [6.45, 7) is 5.70. The lowest BCUT2D eigenvalue weighted by molar-refractivity contribution is -0.129. The Morgan fingerprint density at radius 3 is 2.35 bits per heavy atom. The van der Waals surface area contributed by atoms with Crippen molar-refractivity contribution >= 4 is 17.5 Å². The molecule has 0 aliphatic carbocycles. The summed E-state index contributed by atoms with van der Waals surface area (Å²) < 4.78 is 0. The molecule has 0 spiro atoms. The molecule has 0 fully saturated rings. The highest BCUT2D eigenvalue weighted by molar-refractivity contribution is 6.18. The summed E-state index contributed by atoms with van der Waals surface area (Å²) in [4.78, 5) is 11.9. The molecule has 2 nitrogen and oxygen atoms in total. The molecular formula is C14H20ClNO. The van der Waals surface area contributed by atoms with Crippen LogP contribution >= 0.6 is 11.6 Å². The van der Waals surface area contributed by atoms with Gasteiger partial charge in [-0.2, -0.15) is 0 Å². The van der Waals surface area contributed by atoms with Crippen molar-refractivity contribution in [2.24, 2.45) is 5.41 Å². The quantitative estimate of drug-likeness (QED) is 0.822. The molecule has 1 atom stereocenters. The number of rotatable bonds is 4. The van der Waals surface area contributed by atoms with Gasteiger partial charge in [-0.05, 0) is 12.0 Å². The molecule has 0 heterocycles. The van der Waals surface area contributed by atoms with E-state index in [9.17, 15) is 4.79 Å². The highest BCUT2D eigenvalue weighted by Gasteiger charge is 2.23. The van der Waals surface area contributed by atoms with Gasteiger partial charge < -0.3 is 5.32 Å². The normalized spacial score (nSPS) is 13.2. The molecule has 0 saturated heterocycles.